The number of ether oxygens (including phenoxy) is 2. The molecule has 3 aliphatic heterocycles. The number of carbonyl (C=O) groups is 5. The first-order valence-corrected chi connectivity index (χ1v) is 32.0. The molecule has 0 bridgehead atoms. The van der Waals surface area contributed by atoms with Crippen LogP contribution >= 0.6 is 71.2 Å². The van der Waals surface area contributed by atoms with Crippen molar-refractivity contribution in [1.82, 2.24) is 59.6 Å². The summed E-state index contributed by atoms with van der Waals surface area (Å²) in [5.41, 5.74) is 12.3. The molecule has 12 rings (SSSR count). The van der Waals surface area contributed by atoms with Crippen molar-refractivity contribution >= 4 is 141 Å². The van der Waals surface area contributed by atoms with Gasteiger partial charge in [0, 0.05) is 0 Å². The number of halogens is 6. The first-order chi connectivity index (χ1) is 43.7. The van der Waals surface area contributed by atoms with E-state index in [1.807, 2.05) is 20.8 Å². The molecule has 0 unspecified atom stereocenters. The molecule has 0 saturated heterocycles. The van der Waals surface area contributed by atoms with Crippen molar-refractivity contribution in [3.63, 3.8) is 0 Å². The van der Waals surface area contributed by atoms with E-state index in [4.69, 9.17) is 67.3 Å². The summed E-state index contributed by atoms with van der Waals surface area (Å²) >= 11 is 24.2. The Morgan fingerprint density at radius 3 is 1.26 bits per heavy atom. The van der Waals surface area contributed by atoms with Crippen LogP contribution in [0.2, 0.25) is 20.2 Å². The molecular weight excluding hydrogens is 1360 g/mol. The summed E-state index contributed by atoms with van der Waals surface area (Å²) in [4.78, 5) is 125. The fraction of sp³-hybridized carbons (Fsp3) is 0.484. The molecule has 33 heteroatoms. The number of anilines is 7. The summed E-state index contributed by atoms with van der Waals surface area (Å²) in [6, 6.07) is 4.92. The second-order valence-electron chi connectivity index (χ2n) is 25.8. The molecule has 3 saturated carbocycles. The molecule has 5 amide bonds. The second-order valence-corrected chi connectivity index (χ2v) is 27.3. The average molecular weight is 1430 g/mol. The number of fused-ring (bicyclic) bond motifs is 6. The Morgan fingerprint density at radius 2 is 0.863 bits per heavy atom. The molecule has 512 valence electrons. The third kappa shape index (κ3) is 15.4. The smallest absolute Gasteiger partial charge is 0.425 e. The maximum Gasteiger partial charge on any atom is 0.425 e. The number of nitrogen functional groups attached to an aromatic ring is 2. The minimum absolute atomic E-state index is 0. The van der Waals surface area contributed by atoms with Gasteiger partial charge in [0.15, 0.2) is 22.6 Å². The Balaban J connectivity index is 0.000000179. The Morgan fingerprint density at radius 1 is 0.505 bits per heavy atom. The van der Waals surface area contributed by atoms with Gasteiger partial charge in [-0.15, -0.1) is 24.8 Å². The van der Waals surface area contributed by atoms with Crippen molar-refractivity contribution in [3.8, 4) is 0 Å². The van der Waals surface area contributed by atoms with Crippen LogP contribution in [-0.4, -0.2) is 84.7 Å². The van der Waals surface area contributed by atoms with Gasteiger partial charge in [-0.1, -0.05) is 65.7 Å². The quantitative estimate of drug-likeness (QED) is 0.0788. The van der Waals surface area contributed by atoms with Crippen molar-refractivity contribution in [2.75, 3.05) is 27.0 Å². The summed E-state index contributed by atoms with van der Waals surface area (Å²) in [6.45, 7) is 17.2. The van der Waals surface area contributed by atoms with Crippen LogP contribution in [0.25, 0.3) is 0 Å². The van der Waals surface area contributed by atoms with Crippen molar-refractivity contribution in [3.05, 3.63) is 128 Å². The third-order valence-electron chi connectivity index (χ3n) is 16.6. The Hall–Kier alpha value is -7.82. The number of carbonyl (C=O) groups excluding carboxylic acids is 5. The molecule has 95 heavy (non-hydrogen) atoms. The van der Waals surface area contributed by atoms with E-state index in [9.17, 15) is 38.4 Å². The normalized spacial score (nSPS) is 16.6. The Kier molecular flexibility index (Phi) is 23.0. The summed E-state index contributed by atoms with van der Waals surface area (Å²) in [5, 5.41) is 15.4. The molecule has 27 nitrogen and oxygen atoms in total. The monoisotopic (exact) mass is 1430 g/mol. The van der Waals surface area contributed by atoms with E-state index in [2.05, 4.69) is 56.5 Å². The fourth-order valence-corrected chi connectivity index (χ4v) is 13.2. The SMILES string of the molecule is CC(C)(C)OC(=O)N(C(=O)OC(C)(C)C)c1ncnc(Cl)c1Cl.Cc1cc(N)c(=O)n2c1C(=O)NC21CCCCC1.Cc1cc(Nc2ncnc(C)c2Cl)c(=O)n2c1C(=O)NC21CCCCC1.Cc1cc(Nc2ncnc(N)c2Cl)c(=O)n2c1C(=O)NC21CCCCC1.Cl.Cl. The fourth-order valence-electron chi connectivity index (χ4n) is 12.6. The van der Waals surface area contributed by atoms with Crippen LogP contribution in [0.4, 0.5) is 49.9 Å². The maximum atomic E-state index is 13.3. The number of pyridine rings is 3. The highest BCUT2D eigenvalue weighted by atomic mass is 35.5. The van der Waals surface area contributed by atoms with Gasteiger partial charge in [-0.2, -0.15) is 4.90 Å². The molecule has 6 aliphatic rings. The van der Waals surface area contributed by atoms with E-state index in [0.717, 1.165) is 114 Å². The van der Waals surface area contributed by atoms with Gasteiger partial charge in [-0.25, -0.2) is 39.5 Å². The van der Waals surface area contributed by atoms with Gasteiger partial charge >= 0.3 is 12.2 Å². The predicted octanol–water partition coefficient (Wildman–Crippen LogP) is 11.7. The Bertz CT molecular complexity index is 3990. The molecule has 6 aromatic rings. The molecular formula is C62H77Cl6N17O10. The number of hydrogen-bond acceptors (Lipinski definition) is 20. The van der Waals surface area contributed by atoms with E-state index in [-0.39, 0.29) is 97.6 Å². The van der Waals surface area contributed by atoms with Crippen molar-refractivity contribution < 1.29 is 33.4 Å². The van der Waals surface area contributed by atoms with Crippen LogP contribution < -0.4 is 59.6 Å². The number of amides is 5. The highest BCUT2D eigenvalue weighted by Gasteiger charge is 2.48. The van der Waals surface area contributed by atoms with E-state index in [1.54, 1.807) is 80.4 Å². The minimum Gasteiger partial charge on any atom is -0.443 e. The van der Waals surface area contributed by atoms with Gasteiger partial charge in [0.25, 0.3) is 34.4 Å². The lowest BCUT2D eigenvalue weighted by atomic mass is 9.89. The molecule has 0 radical (unpaired) electrons. The molecule has 9 N–H and O–H groups in total. The van der Waals surface area contributed by atoms with E-state index in [0.29, 0.717) is 55.5 Å². The molecule has 3 fully saturated rings. The van der Waals surface area contributed by atoms with Gasteiger partial charge < -0.3 is 47.5 Å². The van der Waals surface area contributed by atoms with Gasteiger partial charge in [0.1, 0.15) is 96.5 Å². The van der Waals surface area contributed by atoms with Crippen LogP contribution in [0.3, 0.4) is 0 Å². The summed E-state index contributed by atoms with van der Waals surface area (Å²) < 4.78 is 15.3. The van der Waals surface area contributed by atoms with E-state index in [1.165, 1.54) is 12.7 Å². The maximum absolute atomic E-state index is 13.3. The van der Waals surface area contributed by atoms with Gasteiger partial charge in [0.05, 0.1) is 11.4 Å². The summed E-state index contributed by atoms with van der Waals surface area (Å²) in [7, 11) is 0. The molecule has 0 atom stereocenters. The van der Waals surface area contributed by atoms with Crippen LogP contribution in [0, 0.1) is 27.7 Å². The zero-order valence-electron chi connectivity index (χ0n) is 54.1. The van der Waals surface area contributed by atoms with Crippen molar-refractivity contribution in [2.45, 2.75) is 194 Å². The lowest BCUT2D eigenvalue weighted by Gasteiger charge is -2.35. The first kappa shape index (κ1) is 74.6. The Labute approximate surface area is 579 Å². The highest BCUT2D eigenvalue weighted by molar-refractivity contribution is 6.43. The first-order valence-electron chi connectivity index (χ1n) is 30.5. The lowest BCUT2D eigenvalue weighted by Crippen LogP contribution is -2.48. The van der Waals surface area contributed by atoms with E-state index >= 15 is 0 Å². The van der Waals surface area contributed by atoms with Gasteiger partial charge in [-0.05, 0) is 181 Å². The second kappa shape index (κ2) is 29.3. The van der Waals surface area contributed by atoms with Crippen LogP contribution in [0.1, 0.15) is 192 Å². The molecule has 3 spiro atoms. The topological polar surface area (TPSA) is 363 Å². The number of hydrogen-bond donors (Lipinski definition) is 7. The van der Waals surface area contributed by atoms with Crippen LogP contribution in [0.5, 0.6) is 0 Å². The number of aryl methyl sites for hydroxylation is 4. The number of nitrogens with one attached hydrogen (secondary N) is 5. The van der Waals surface area contributed by atoms with Crippen LogP contribution in [-0.2, 0) is 26.5 Å². The molecule has 3 aliphatic carbocycles. The number of nitrogens with zero attached hydrogens (tertiary/aromatic N) is 10. The number of rotatable bonds is 5. The molecule has 9 heterocycles. The third-order valence-corrected chi connectivity index (χ3v) is 18.1. The molecule has 6 aromatic heterocycles. The summed E-state index contributed by atoms with van der Waals surface area (Å²) in [5.74, 6) is 0.0307. The zero-order valence-corrected chi connectivity index (χ0v) is 58.8. The minimum atomic E-state index is -0.983. The highest BCUT2D eigenvalue weighted by Crippen LogP contribution is 2.41. The summed E-state index contributed by atoms with van der Waals surface area (Å²) in [6.07, 6.45) is 15.8. The average Bonchev–Trinajstić information content (AvgIpc) is 1.65. The van der Waals surface area contributed by atoms with E-state index < -0.39 is 40.4 Å². The van der Waals surface area contributed by atoms with Crippen LogP contribution in [0.15, 0.2) is 51.6 Å². The van der Waals surface area contributed by atoms with Gasteiger partial charge in [0.2, 0.25) is 0 Å². The number of aromatic nitrogens is 9. The molecule has 0 aromatic carbocycles. The van der Waals surface area contributed by atoms with Gasteiger partial charge in [-0.3, -0.25) is 42.5 Å². The predicted molar refractivity (Wildman–Crippen MR) is 368 cm³/mol. The lowest BCUT2D eigenvalue weighted by molar-refractivity contribution is 0.0427. The van der Waals surface area contributed by atoms with Crippen molar-refractivity contribution in [1.29, 1.82) is 0 Å². The number of imide groups is 1. The van der Waals surface area contributed by atoms with Crippen molar-refractivity contribution in [2.24, 2.45) is 0 Å². The zero-order chi connectivity index (χ0) is 67.9. The largest absolute Gasteiger partial charge is 0.443 e. The standard InChI is InChI=1S/C18H20ClN5O2.C17H19ClN6O2.C14H19Cl2N3O4.C13H17N3O2.2ClH/c1-10-8-12(22-15-13(19)11(2)20-9-21-15)17(26)24-14(10)16(25)23-18(24)6-4-3-5-7-18;1-9-7-10(22-14-11(18)13(19)20-8-21-14)16(26)24-12(9)15(25)23-17(24)5-3-2-4-6-17;1-13(2,3)22-11(20)19(12(21)23-14(4,5)6)10-8(15)9(16)17-7-18-10;1-8-7-9(14)12(18)16-10(8)11(17)15-13(16)5-3-2-4-6-13;;/h8-9H,3-7H2,1-2H3,(H,23,25)(H,20,21,22);7-8H,2-6H2,1H3,(H,23,25)(H3,19,20,21,22);7H,1-6H3;7H,2-6,14H2,1H3,(H,15,17);2*1H. The number of nitrogens with two attached hydrogens (primary N) is 2.